The summed E-state index contributed by atoms with van der Waals surface area (Å²) < 4.78 is 1.73. The van der Waals surface area contributed by atoms with E-state index in [0.717, 1.165) is 29.9 Å². The standard InChI is InChI=1S/C21H23N5O/c1-16(17-7-9-19(10-8-17)26-15-22-14-23-26)24(2)13-21(27)25-12-11-18-5-3-4-6-20(18)25/h3-10,14-16H,11-13H2,1-2H3. The molecule has 1 aliphatic heterocycles. The number of nitrogens with zero attached hydrogens (tertiary/aromatic N) is 5. The fraction of sp³-hybridized carbons (Fsp3) is 0.286. The number of anilines is 1. The van der Waals surface area contributed by atoms with E-state index in [-0.39, 0.29) is 11.9 Å². The third-order valence-electron chi connectivity index (χ3n) is 5.29. The van der Waals surface area contributed by atoms with Crippen LogP contribution in [-0.2, 0) is 11.2 Å². The molecule has 1 aromatic heterocycles. The van der Waals surface area contributed by atoms with Gasteiger partial charge in [-0.15, -0.1) is 0 Å². The second-order valence-corrected chi connectivity index (χ2v) is 6.95. The quantitative estimate of drug-likeness (QED) is 0.701. The number of para-hydroxylation sites is 1. The molecular weight excluding hydrogens is 338 g/mol. The van der Waals surface area contributed by atoms with Gasteiger partial charge in [-0.3, -0.25) is 9.69 Å². The Bertz CT molecular complexity index is 920. The molecule has 1 amide bonds. The van der Waals surface area contributed by atoms with Crippen molar-refractivity contribution < 1.29 is 4.79 Å². The first-order chi connectivity index (χ1) is 13.1. The van der Waals surface area contributed by atoms with Crippen LogP contribution in [0.4, 0.5) is 5.69 Å². The normalized spacial score (nSPS) is 14.4. The van der Waals surface area contributed by atoms with Crippen molar-refractivity contribution in [2.45, 2.75) is 19.4 Å². The topological polar surface area (TPSA) is 54.3 Å². The first kappa shape index (κ1) is 17.4. The maximum absolute atomic E-state index is 12.8. The summed E-state index contributed by atoms with van der Waals surface area (Å²) in [6, 6.07) is 16.5. The molecule has 27 heavy (non-hydrogen) atoms. The first-order valence-electron chi connectivity index (χ1n) is 9.17. The number of carbonyl (C=O) groups is 1. The van der Waals surface area contributed by atoms with Crippen LogP contribution in [-0.4, -0.2) is 45.7 Å². The zero-order chi connectivity index (χ0) is 18.8. The number of benzene rings is 2. The second kappa shape index (κ2) is 7.32. The zero-order valence-electron chi connectivity index (χ0n) is 15.6. The fourth-order valence-electron chi connectivity index (χ4n) is 3.53. The van der Waals surface area contributed by atoms with Gasteiger partial charge in [-0.1, -0.05) is 30.3 Å². The third kappa shape index (κ3) is 3.48. The largest absolute Gasteiger partial charge is 0.311 e. The van der Waals surface area contributed by atoms with Crippen molar-refractivity contribution in [3.05, 3.63) is 72.3 Å². The molecule has 0 spiro atoms. The number of aromatic nitrogens is 3. The Labute approximate surface area is 159 Å². The minimum absolute atomic E-state index is 0.136. The van der Waals surface area contributed by atoms with Crippen LogP contribution in [0.15, 0.2) is 61.2 Å². The lowest BCUT2D eigenvalue weighted by Crippen LogP contribution is -2.39. The van der Waals surface area contributed by atoms with Gasteiger partial charge in [0.25, 0.3) is 0 Å². The first-order valence-corrected chi connectivity index (χ1v) is 9.17. The van der Waals surface area contributed by atoms with Crippen LogP contribution in [0.25, 0.3) is 5.69 Å². The molecule has 2 aromatic carbocycles. The minimum atomic E-state index is 0.136. The van der Waals surface area contributed by atoms with Crippen LogP contribution in [0.2, 0.25) is 0 Å². The number of hydrogen-bond donors (Lipinski definition) is 0. The van der Waals surface area contributed by atoms with Gasteiger partial charge in [0, 0.05) is 18.3 Å². The van der Waals surface area contributed by atoms with Gasteiger partial charge in [0.05, 0.1) is 12.2 Å². The van der Waals surface area contributed by atoms with Gasteiger partial charge in [-0.05, 0) is 49.7 Å². The minimum Gasteiger partial charge on any atom is -0.311 e. The molecule has 0 fully saturated rings. The number of likely N-dealkylation sites (N-methyl/N-ethyl adjacent to an activating group) is 1. The molecule has 0 saturated heterocycles. The number of rotatable bonds is 5. The molecule has 0 saturated carbocycles. The van der Waals surface area contributed by atoms with Crippen molar-refractivity contribution in [2.24, 2.45) is 0 Å². The van der Waals surface area contributed by atoms with Crippen molar-refractivity contribution >= 4 is 11.6 Å². The van der Waals surface area contributed by atoms with Crippen molar-refractivity contribution in [3.8, 4) is 5.69 Å². The molecular formula is C21H23N5O. The summed E-state index contributed by atoms with van der Waals surface area (Å²) in [6.45, 7) is 3.28. The highest BCUT2D eigenvalue weighted by Crippen LogP contribution is 2.28. The van der Waals surface area contributed by atoms with E-state index in [4.69, 9.17) is 0 Å². The van der Waals surface area contributed by atoms with E-state index in [1.54, 1.807) is 11.0 Å². The molecule has 4 rings (SSSR count). The summed E-state index contributed by atoms with van der Waals surface area (Å²) in [4.78, 5) is 20.8. The summed E-state index contributed by atoms with van der Waals surface area (Å²) in [5.74, 6) is 0.147. The molecule has 0 bridgehead atoms. The number of amides is 1. The van der Waals surface area contributed by atoms with E-state index in [1.807, 2.05) is 42.3 Å². The molecule has 0 N–H and O–H groups in total. The summed E-state index contributed by atoms with van der Waals surface area (Å²) >= 11 is 0. The molecule has 138 valence electrons. The highest BCUT2D eigenvalue weighted by molar-refractivity contribution is 5.96. The van der Waals surface area contributed by atoms with Crippen LogP contribution in [0, 0.1) is 0 Å². The Hall–Kier alpha value is -2.99. The van der Waals surface area contributed by atoms with Crippen molar-refractivity contribution in [1.82, 2.24) is 19.7 Å². The van der Waals surface area contributed by atoms with E-state index in [2.05, 4.69) is 40.1 Å². The van der Waals surface area contributed by atoms with Gasteiger partial charge in [0.2, 0.25) is 5.91 Å². The van der Waals surface area contributed by atoms with Gasteiger partial charge in [-0.25, -0.2) is 9.67 Å². The van der Waals surface area contributed by atoms with Crippen LogP contribution in [0.3, 0.4) is 0 Å². The summed E-state index contributed by atoms with van der Waals surface area (Å²) in [5, 5.41) is 4.14. The van der Waals surface area contributed by atoms with Crippen LogP contribution in [0.1, 0.15) is 24.1 Å². The maximum Gasteiger partial charge on any atom is 0.241 e. The smallest absolute Gasteiger partial charge is 0.241 e. The average molecular weight is 361 g/mol. The molecule has 2 heterocycles. The monoisotopic (exact) mass is 361 g/mol. The Kier molecular flexibility index (Phi) is 4.73. The Morgan fingerprint density at radius 3 is 2.70 bits per heavy atom. The van der Waals surface area contributed by atoms with Crippen molar-refractivity contribution in [3.63, 3.8) is 0 Å². The molecule has 3 aromatic rings. The molecule has 1 atom stereocenters. The SMILES string of the molecule is CC(c1ccc(-n2cncn2)cc1)N(C)CC(=O)N1CCc2ccccc21. The number of fused-ring (bicyclic) bond motifs is 1. The molecule has 1 aliphatic rings. The predicted octanol–water partition coefficient (Wildman–Crippen LogP) is 2.85. The van der Waals surface area contributed by atoms with E-state index in [1.165, 1.54) is 11.9 Å². The highest BCUT2D eigenvalue weighted by Gasteiger charge is 2.26. The molecule has 0 radical (unpaired) electrons. The Morgan fingerprint density at radius 1 is 1.19 bits per heavy atom. The summed E-state index contributed by atoms with van der Waals surface area (Å²) in [7, 11) is 2.00. The Morgan fingerprint density at radius 2 is 1.96 bits per heavy atom. The van der Waals surface area contributed by atoms with Gasteiger partial charge in [-0.2, -0.15) is 5.10 Å². The fourth-order valence-corrected chi connectivity index (χ4v) is 3.53. The number of carbonyl (C=O) groups excluding carboxylic acids is 1. The van der Waals surface area contributed by atoms with Crippen LogP contribution in [0.5, 0.6) is 0 Å². The third-order valence-corrected chi connectivity index (χ3v) is 5.29. The molecule has 6 nitrogen and oxygen atoms in total. The van der Waals surface area contributed by atoms with Gasteiger partial charge in [0.1, 0.15) is 12.7 Å². The van der Waals surface area contributed by atoms with E-state index >= 15 is 0 Å². The lowest BCUT2D eigenvalue weighted by molar-refractivity contribution is -0.119. The van der Waals surface area contributed by atoms with E-state index in [0.29, 0.717) is 6.54 Å². The summed E-state index contributed by atoms with van der Waals surface area (Å²) in [5.41, 5.74) is 4.44. The lowest BCUT2D eigenvalue weighted by atomic mass is 10.1. The number of hydrogen-bond acceptors (Lipinski definition) is 4. The van der Waals surface area contributed by atoms with Crippen LogP contribution >= 0.6 is 0 Å². The second-order valence-electron chi connectivity index (χ2n) is 6.95. The molecule has 6 heteroatoms. The van der Waals surface area contributed by atoms with Crippen molar-refractivity contribution in [1.29, 1.82) is 0 Å². The summed E-state index contributed by atoms with van der Waals surface area (Å²) in [6.07, 6.45) is 4.13. The van der Waals surface area contributed by atoms with Crippen LogP contribution < -0.4 is 4.90 Å². The maximum atomic E-state index is 12.8. The predicted molar refractivity (Wildman–Crippen MR) is 105 cm³/mol. The molecule has 0 aliphatic carbocycles. The van der Waals surface area contributed by atoms with Gasteiger partial charge in [0.15, 0.2) is 0 Å². The van der Waals surface area contributed by atoms with Gasteiger partial charge >= 0.3 is 0 Å². The lowest BCUT2D eigenvalue weighted by Gasteiger charge is -2.27. The van der Waals surface area contributed by atoms with Gasteiger partial charge < -0.3 is 4.90 Å². The highest BCUT2D eigenvalue weighted by atomic mass is 16.2. The van der Waals surface area contributed by atoms with E-state index < -0.39 is 0 Å². The Balaban J connectivity index is 1.42. The molecule has 1 unspecified atom stereocenters. The average Bonchev–Trinajstić information content (AvgIpc) is 3.37. The zero-order valence-corrected chi connectivity index (χ0v) is 15.6. The van der Waals surface area contributed by atoms with Crippen molar-refractivity contribution in [2.75, 3.05) is 25.0 Å². The van der Waals surface area contributed by atoms with E-state index in [9.17, 15) is 4.79 Å².